The highest BCUT2D eigenvalue weighted by atomic mass is 19.1. The molecule has 0 spiro atoms. The zero-order valence-electron chi connectivity index (χ0n) is 17.8. The molecule has 4 heterocycles. The Hall–Kier alpha value is -3.41. The summed E-state index contributed by atoms with van der Waals surface area (Å²) in [5, 5.41) is 0. The van der Waals surface area contributed by atoms with E-state index in [2.05, 4.69) is 32.0 Å². The summed E-state index contributed by atoms with van der Waals surface area (Å²) >= 11 is 0. The second kappa shape index (κ2) is 9.16. The first-order valence-corrected chi connectivity index (χ1v) is 10.5. The summed E-state index contributed by atoms with van der Waals surface area (Å²) in [5.74, 6) is 0.347. The molecular weight excluding hydrogens is 391 g/mol. The van der Waals surface area contributed by atoms with Gasteiger partial charge in [-0.25, -0.2) is 9.37 Å². The van der Waals surface area contributed by atoms with E-state index in [1.807, 2.05) is 31.3 Å². The molecule has 0 N–H and O–H groups in total. The standard InChI is InChI=1S/C25H25FN4O/c1-3-21(19-7-9-25(29-14-19)30-10-4-5-11-30)18-6-8-20(28-13-18)12-24(31)22-15-27-16-23(26)17(22)2/h3,6-9,13-16H,4-5,10-12H2,1-2H3/b21-3+. The van der Waals surface area contributed by atoms with Crippen LogP contribution in [0.1, 0.15) is 52.5 Å². The monoisotopic (exact) mass is 416 g/mol. The molecule has 0 saturated carbocycles. The van der Waals surface area contributed by atoms with E-state index in [9.17, 15) is 9.18 Å². The molecule has 158 valence electrons. The van der Waals surface area contributed by atoms with Gasteiger partial charge in [0.25, 0.3) is 0 Å². The van der Waals surface area contributed by atoms with Crippen LogP contribution in [0.2, 0.25) is 0 Å². The third-order valence-electron chi connectivity index (χ3n) is 5.71. The van der Waals surface area contributed by atoms with Gasteiger partial charge in [-0.05, 0) is 56.0 Å². The van der Waals surface area contributed by atoms with E-state index < -0.39 is 5.82 Å². The molecule has 6 heteroatoms. The minimum atomic E-state index is -0.476. The van der Waals surface area contributed by atoms with Crippen LogP contribution in [0, 0.1) is 12.7 Å². The molecule has 5 nitrogen and oxygen atoms in total. The number of halogens is 1. The van der Waals surface area contributed by atoms with Crippen LogP contribution in [0.5, 0.6) is 0 Å². The molecule has 1 fully saturated rings. The van der Waals surface area contributed by atoms with Gasteiger partial charge in [0.2, 0.25) is 0 Å². The Labute approximate surface area is 181 Å². The maximum atomic E-state index is 13.7. The van der Waals surface area contributed by atoms with Crippen molar-refractivity contribution in [3.63, 3.8) is 0 Å². The first-order chi connectivity index (χ1) is 15.1. The van der Waals surface area contributed by atoms with Crippen molar-refractivity contribution in [3.05, 3.63) is 88.9 Å². The molecule has 3 aromatic heterocycles. The Morgan fingerprint density at radius 3 is 2.35 bits per heavy atom. The smallest absolute Gasteiger partial charge is 0.170 e. The Morgan fingerprint density at radius 1 is 1.03 bits per heavy atom. The second-order valence-corrected chi connectivity index (χ2v) is 7.73. The number of aromatic nitrogens is 3. The SMILES string of the molecule is C/C=C(\c1ccc(CC(=O)c2cncc(F)c2C)nc1)c1ccc(N2CCCC2)nc1. The molecule has 1 aliphatic heterocycles. The van der Waals surface area contributed by atoms with Crippen molar-refractivity contribution in [2.45, 2.75) is 33.1 Å². The number of Topliss-reactive ketones (excluding diaryl/α,β-unsaturated/α-hetero) is 1. The topological polar surface area (TPSA) is 59.0 Å². The van der Waals surface area contributed by atoms with Crippen molar-refractivity contribution in [3.8, 4) is 0 Å². The van der Waals surface area contributed by atoms with Gasteiger partial charge in [-0.15, -0.1) is 0 Å². The summed E-state index contributed by atoms with van der Waals surface area (Å²) in [6, 6.07) is 7.95. The third kappa shape index (κ3) is 4.53. The minimum Gasteiger partial charge on any atom is -0.357 e. The fourth-order valence-corrected chi connectivity index (χ4v) is 3.91. The van der Waals surface area contributed by atoms with E-state index in [0.29, 0.717) is 16.8 Å². The van der Waals surface area contributed by atoms with Gasteiger partial charge in [0.05, 0.1) is 12.6 Å². The number of carbonyl (C=O) groups excluding carboxylic acids is 1. The number of hydrogen-bond donors (Lipinski definition) is 0. The number of hydrogen-bond acceptors (Lipinski definition) is 5. The van der Waals surface area contributed by atoms with Crippen LogP contribution in [0.4, 0.5) is 10.2 Å². The first kappa shape index (κ1) is 20.8. The third-order valence-corrected chi connectivity index (χ3v) is 5.71. The van der Waals surface area contributed by atoms with E-state index in [-0.39, 0.29) is 12.2 Å². The van der Waals surface area contributed by atoms with Crippen LogP contribution in [-0.2, 0) is 6.42 Å². The highest BCUT2D eigenvalue weighted by Crippen LogP contribution is 2.25. The average Bonchev–Trinajstić information content (AvgIpc) is 3.33. The number of nitrogens with zero attached hydrogens (tertiary/aromatic N) is 4. The summed E-state index contributed by atoms with van der Waals surface area (Å²) in [6.07, 6.45) is 10.8. The van der Waals surface area contributed by atoms with Crippen molar-refractivity contribution in [2.75, 3.05) is 18.0 Å². The van der Waals surface area contributed by atoms with Crippen LogP contribution in [-0.4, -0.2) is 33.8 Å². The summed E-state index contributed by atoms with van der Waals surface area (Å²) < 4.78 is 13.7. The molecule has 0 aliphatic carbocycles. The molecule has 1 saturated heterocycles. The summed E-state index contributed by atoms with van der Waals surface area (Å²) in [4.78, 5) is 27.8. The lowest BCUT2D eigenvalue weighted by Crippen LogP contribution is -2.18. The van der Waals surface area contributed by atoms with Gasteiger partial charge in [-0.3, -0.25) is 14.8 Å². The molecule has 0 amide bonds. The van der Waals surface area contributed by atoms with Crippen molar-refractivity contribution in [1.82, 2.24) is 15.0 Å². The number of anilines is 1. The largest absolute Gasteiger partial charge is 0.357 e. The quantitative estimate of drug-likeness (QED) is 0.541. The Kier molecular flexibility index (Phi) is 6.16. The molecule has 0 radical (unpaired) electrons. The lowest BCUT2D eigenvalue weighted by molar-refractivity contribution is 0.0990. The van der Waals surface area contributed by atoms with E-state index in [1.165, 1.54) is 19.0 Å². The van der Waals surface area contributed by atoms with Crippen LogP contribution in [0.15, 0.2) is 55.1 Å². The van der Waals surface area contributed by atoms with Gasteiger partial charge in [0.15, 0.2) is 5.78 Å². The number of carbonyl (C=O) groups is 1. The van der Waals surface area contributed by atoms with Crippen molar-refractivity contribution in [2.24, 2.45) is 0 Å². The van der Waals surface area contributed by atoms with Crippen LogP contribution in [0.25, 0.3) is 5.57 Å². The van der Waals surface area contributed by atoms with Crippen LogP contribution < -0.4 is 4.90 Å². The lowest BCUT2D eigenvalue weighted by atomic mass is 9.99. The first-order valence-electron chi connectivity index (χ1n) is 10.5. The van der Waals surface area contributed by atoms with Gasteiger partial charge in [0, 0.05) is 54.1 Å². The van der Waals surface area contributed by atoms with Crippen molar-refractivity contribution in [1.29, 1.82) is 0 Å². The fourth-order valence-electron chi connectivity index (χ4n) is 3.91. The highest BCUT2D eigenvalue weighted by Gasteiger charge is 2.16. The van der Waals surface area contributed by atoms with Gasteiger partial charge < -0.3 is 4.90 Å². The molecule has 4 rings (SSSR count). The Bertz CT molecular complexity index is 1100. The molecule has 31 heavy (non-hydrogen) atoms. The number of pyridine rings is 3. The number of ketones is 1. The molecule has 1 aliphatic rings. The summed E-state index contributed by atoms with van der Waals surface area (Å²) in [5.41, 5.74) is 4.27. The van der Waals surface area contributed by atoms with Crippen molar-refractivity contribution >= 4 is 17.2 Å². The Balaban J connectivity index is 1.48. The van der Waals surface area contributed by atoms with E-state index >= 15 is 0 Å². The molecule has 0 unspecified atom stereocenters. The molecule has 0 aromatic carbocycles. The van der Waals surface area contributed by atoms with Gasteiger partial charge in [-0.2, -0.15) is 0 Å². The number of rotatable bonds is 6. The maximum absolute atomic E-state index is 13.7. The van der Waals surface area contributed by atoms with E-state index in [0.717, 1.165) is 41.8 Å². The second-order valence-electron chi connectivity index (χ2n) is 7.73. The molecule has 3 aromatic rings. The predicted octanol–water partition coefficient (Wildman–Crippen LogP) is 4.80. The zero-order valence-corrected chi connectivity index (χ0v) is 17.8. The summed E-state index contributed by atoms with van der Waals surface area (Å²) in [6.45, 7) is 5.71. The van der Waals surface area contributed by atoms with Crippen LogP contribution >= 0.6 is 0 Å². The van der Waals surface area contributed by atoms with Crippen LogP contribution in [0.3, 0.4) is 0 Å². The van der Waals surface area contributed by atoms with Gasteiger partial charge in [-0.1, -0.05) is 12.1 Å². The fraction of sp³-hybridized carbons (Fsp3) is 0.280. The maximum Gasteiger partial charge on any atom is 0.170 e. The lowest BCUT2D eigenvalue weighted by Gasteiger charge is -2.17. The van der Waals surface area contributed by atoms with Crippen molar-refractivity contribution < 1.29 is 9.18 Å². The predicted molar refractivity (Wildman–Crippen MR) is 120 cm³/mol. The van der Waals surface area contributed by atoms with E-state index in [4.69, 9.17) is 0 Å². The average molecular weight is 417 g/mol. The highest BCUT2D eigenvalue weighted by molar-refractivity contribution is 5.98. The molecule has 0 bridgehead atoms. The van der Waals surface area contributed by atoms with E-state index in [1.54, 1.807) is 13.1 Å². The normalized spacial score (nSPS) is 14.2. The zero-order chi connectivity index (χ0) is 21.8. The Morgan fingerprint density at radius 2 is 1.74 bits per heavy atom. The molecular formula is C25H25FN4O. The number of allylic oxidation sites excluding steroid dienone is 1. The molecule has 0 atom stereocenters. The van der Waals surface area contributed by atoms with Gasteiger partial charge >= 0.3 is 0 Å². The minimum absolute atomic E-state index is 0.101. The van der Waals surface area contributed by atoms with Gasteiger partial charge in [0.1, 0.15) is 11.6 Å². The summed E-state index contributed by atoms with van der Waals surface area (Å²) in [7, 11) is 0.